The van der Waals surface area contributed by atoms with Gasteiger partial charge in [-0.05, 0) is 44.2 Å². The zero-order valence-electron chi connectivity index (χ0n) is 17.9. The summed E-state index contributed by atoms with van der Waals surface area (Å²) >= 11 is 6.19. The Balaban J connectivity index is 1.87. The highest BCUT2D eigenvalue weighted by molar-refractivity contribution is 7.89. The second-order valence-corrected chi connectivity index (χ2v) is 9.89. The molecule has 0 saturated carbocycles. The number of anilines is 1. The molecule has 1 N–H and O–H groups in total. The molecule has 166 valence electrons. The first kappa shape index (κ1) is 23.7. The molecule has 0 aliphatic heterocycles. The van der Waals surface area contributed by atoms with Crippen LogP contribution in [-0.2, 0) is 10.0 Å². The Morgan fingerprint density at radius 1 is 0.906 bits per heavy atom. The van der Waals surface area contributed by atoms with Crippen LogP contribution < -0.4 is 5.32 Å². The van der Waals surface area contributed by atoms with Crippen molar-refractivity contribution in [1.82, 2.24) is 4.31 Å². The van der Waals surface area contributed by atoms with Crippen LogP contribution in [0, 0.1) is 0 Å². The number of amides is 1. The Kier molecular flexibility index (Phi) is 7.13. The number of hydrogen-bond acceptors (Lipinski definition) is 4. The summed E-state index contributed by atoms with van der Waals surface area (Å²) in [6, 6.07) is 19.1. The van der Waals surface area contributed by atoms with Crippen LogP contribution in [0.4, 0.5) is 5.69 Å². The van der Waals surface area contributed by atoms with Gasteiger partial charge in [0.15, 0.2) is 5.78 Å². The second kappa shape index (κ2) is 9.65. The number of benzene rings is 3. The fourth-order valence-electron chi connectivity index (χ4n) is 2.98. The molecular weight excluding hydrogens is 448 g/mol. The number of nitrogens with one attached hydrogen (secondary N) is 1. The lowest BCUT2D eigenvalue weighted by molar-refractivity contribution is 0.102. The Bertz CT molecular complexity index is 1260. The van der Waals surface area contributed by atoms with Gasteiger partial charge in [0.1, 0.15) is 0 Å². The summed E-state index contributed by atoms with van der Waals surface area (Å²) in [5.41, 5.74) is 1.35. The van der Waals surface area contributed by atoms with Gasteiger partial charge >= 0.3 is 0 Å². The van der Waals surface area contributed by atoms with Crippen molar-refractivity contribution >= 4 is 39.0 Å². The maximum absolute atomic E-state index is 12.9. The molecule has 0 unspecified atom stereocenters. The van der Waals surface area contributed by atoms with Gasteiger partial charge in [0.05, 0.1) is 15.5 Å². The lowest BCUT2D eigenvalue weighted by Gasteiger charge is -2.21. The summed E-state index contributed by atoms with van der Waals surface area (Å²) in [4.78, 5) is 25.5. The molecule has 6 nitrogen and oxygen atoms in total. The molecule has 0 aliphatic carbocycles. The second-order valence-electron chi connectivity index (χ2n) is 7.49. The highest BCUT2D eigenvalue weighted by atomic mass is 35.5. The molecule has 8 heteroatoms. The lowest BCUT2D eigenvalue weighted by atomic mass is 10.0. The fourth-order valence-corrected chi connectivity index (χ4v) is 4.57. The number of rotatable bonds is 7. The lowest BCUT2D eigenvalue weighted by Crippen LogP contribution is -2.33. The first-order valence-electron chi connectivity index (χ1n) is 9.90. The van der Waals surface area contributed by atoms with E-state index in [0.29, 0.717) is 16.8 Å². The number of sulfonamides is 1. The van der Waals surface area contributed by atoms with Crippen molar-refractivity contribution < 1.29 is 18.0 Å². The molecule has 0 spiro atoms. The summed E-state index contributed by atoms with van der Waals surface area (Å²) in [5.74, 6) is -0.756. The van der Waals surface area contributed by atoms with E-state index < -0.39 is 15.9 Å². The Morgan fingerprint density at radius 3 is 2.22 bits per heavy atom. The Morgan fingerprint density at radius 2 is 1.56 bits per heavy atom. The molecule has 0 bridgehead atoms. The summed E-state index contributed by atoms with van der Waals surface area (Å²) < 4.78 is 26.8. The molecule has 0 radical (unpaired) electrons. The number of carbonyl (C=O) groups excluding carboxylic acids is 2. The molecule has 3 rings (SSSR count). The monoisotopic (exact) mass is 470 g/mol. The van der Waals surface area contributed by atoms with Gasteiger partial charge in [-0.2, -0.15) is 4.31 Å². The van der Waals surface area contributed by atoms with Gasteiger partial charge in [0, 0.05) is 29.9 Å². The first-order valence-corrected chi connectivity index (χ1v) is 11.7. The topological polar surface area (TPSA) is 83.6 Å². The highest BCUT2D eigenvalue weighted by Crippen LogP contribution is 2.25. The summed E-state index contributed by atoms with van der Waals surface area (Å²) in [5, 5.41) is 2.81. The SMILES string of the molecule is CC(C)N(C)S(=O)(=O)c1ccc(Cl)c(C(=O)Nc2cccc(C(=O)c3ccccc3)c2)c1. The van der Waals surface area contributed by atoms with E-state index in [4.69, 9.17) is 11.6 Å². The quantitative estimate of drug-likeness (QED) is 0.500. The molecule has 0 fully saturated rings. The van der Waals surface area contributed by atoms with Crippen LogP contribution in [0.25, 0.3) is 0 Å². The third kappa shape index (κ3) is 5.07. The largest absolute Gasteiger partial charge is 0.322 e. The minimum Gasteiger partial charge on any atom is -0.322 e. The van der Waals surface area contributed by atoms with Crippen molar-refractivity contribution in [3.05, 3.63) is 94.5 Å². The van der Waals surface area contributed by atoms with Crippen molar-refractivity contribution in [2.24, 2.45) is 0 Å². The van der Waals surface area contributed by atoms with Crippen molar-refractivity contribution in [2.45, 2.75) is 24.8 Å². The summed E-state index contributed by atoms with van der Waals surface area (Å²) in [7, 11) is -2.31. The maximum Gasteiger partial charge on any atom is 0.257 e. The Labute approximate surface area is 192 Å². The van der Waals surface area contributed by atoms with Crippen molar-refractivity contribution in [2.75, 3.05) is 12.4 Å². The highest BCUT2D eigenvalue weighted by Gasteiger charge is 2.25. The number of hydrogen-bond donors (Lipinski definition) is 1. The summed E-state index contributed by atoms with van der Waals surface area (Å²) in [6.07, 6.45) is 0. The van der Waals surface area contributed by atoms with E-state index in [1.807, 2.05) is 6.07 Å². The Hall–Kier alpha value is -3.00. The minimum absolute atomic E-state index is 0.0182. The average molecular weight is 471 g/mol. The van der Waals surface area contributed by atoms with Gasteiger partial charge < -0.3 is 5.32 Å². The normalized spacial score (nSPS) is 11.6. The molecule has 32 heavy (non-hydrogen) atoms. The van der Waals surface area contributed by atoms with Crippen LogP contribution in [0.15, 0.2) is 77.7 Å². The standard InChI is InChI=1S/C24H23ClN2O4S/c1-16(2)27(3)32(30,31)20-12-13-22(25)21(15-20)24(29)26-19-11-7-10-18(14-19)23(28)17-8-5-4-6-9-17/h4-16H,1-3H3,(H,26,29). The van der Waals surface area contributed by atoms with Crippen LogP contribution in [0.1, 0.15) is 40.1 Å². The van der Waals surface area contributed by atoms with E-state index in [1.165, 1.54) is 29.6 Å². The minimum atomic E-state index is -3.78. The van der Waals surface area contributed by atoms with Gasteiger partial charge in [0.2, 0.25) is 10.0 Å². The predicted molar refractivity (Wildman–Crippen MR) is 126 cm³/mol. The summed E-state index contributed by atoms with van der Waals surface area (Å²) in [6.45, 7) is 3.51. The van der Waals surface area contributed by atoms with Gasteiger partial charge in [-0.3, -0.25) is 9.59 Å². The van der Waals surface area contributed by atoms with Gasteiger partial charge in [-0.15, -0.1) is 0 Å². The third-order valence-electron chi connectivity index (χ3n) is 5.01. The van der Waals surface area contributed by atoms with Crippen LogP contribution in [-0.4, -0.2) is 37.5 Å². The van der Waals surface area contributed by atoms with Gasteiger partial charge in [0.25, 0.3) is 5.91 Å². The van der Waals surface area contributed by atoms with Crippen molar-refractivity contribution in [1.29, 1.82) is 0 Å². The first-order chi connectivity index (χ1) is 15.1. The molecule has 0 saturated heterocycles. The third-order valence-corrected chi connectivity index (χ3v) is 7.36. The number of halogens is 1. The molecule has 3 aromatic carbocycles. The van der Waals surface area contributed by atoms with E-state index >= 15 is 0 Å². The van der Waals surface area contributed by atoms with E-state index in [9.17, 15) is 18.0 Å². The number of nitrogens with zero attached hydrogens (tertiary/aromatic N) is 1. The van der Waals surface area contributed by atoms with Crippen molar-refractivity contribution in [3.8, 4) is 0 Å². The average Bonchev–Trinajstić information content (AvgIpc) is 2.78. The smallest absolute Gasteiger partial charge is 0.257 e. The molecule has 0 atom stereocenters. The van der Waals surface area contributed by atoms with Gasteiger partial charge in [-0.1, -0.05) is 54.1 Å². The molecule has 1 amide bonds. The van der Waals surface area contributed by atoms with Crippen LogP contribution in [0.3, 0.4) is 0 Å². The van der Waals surface area contributed by atoms with E-state index in [2.05, 4.69) is 5.32 Å². The number of ketones is 1. The van der Waals surface area contributed by atoms with E-state index in [-0.39, 0.29) is 27.3 Å². The van der Waals surface area contributed by atoms with Crippen LogP contribution >= 0.6 is 11.6 Å². The molecular formula is C24H23ClN2O4S. The fraction of sp³-hybridized carbons (Fsp3) is 0.167. The van der Waals surface area contributed by atoms with E-state index in [1.54, 1.807) is 62.4 Å². The molecule has 0 aromatic heterocycles. The number of carbonyl (C=O) groups is 2. The zero-order valence-corrected chi connectivity index (χ0v) is 19.4. The molecule has 0 heterocycles. The zero-order chi connectivity index (χ0) is 23.5. The van der Waals surface area contributed by atoms with Crippen LogP contribution in [0.2, 0.25) is 5.02 Å². The molecule has 0 aliphatic rings. The predicted octanol–water partition coefficient (Wildman–Crippen LogP) is 4.85. The molecule has 3 aromatic rings. The van der Waals surface area contributed by atoms with Crippen molar-refractivity contribution in [3.63, 3.8) is 0 Å². The van der Waals surface area contributed by atoms with E-state index in [0.717, 1.165) is 0 Å². The maximum atomic E-state index is 12.9. The van der Waals surface area contributed by atoms with Crippen LogP contribution in [0.5, 0.6) is 0 Å². The van der Waals surface area contributed by atoms with Gasteiger partial charge in [-0.25, -0.2) is 8.42 Å².